The number of nitrogens with one attached hydrogen (secondary N) is 1. The fourth-order valence-electron chi connectivity index (χ4n) is 4.08. The second-order valence-electron chi connectivity index (χ2n) is 7.64. The lowest BCUT2D eigenvalue weighted by molar-refractivity contribution is -0.131. The topological polar surface area (TPSA) is 49.4 Å². The summed E-state index contributed by atoms with van der Waals surface area (Å²) in [5.74, 6) is 2.19. The van der Waals surface area contributed by atoms with Crippen LogP contribution >= 0.6 is 0 Å². The Hall–Kier alpha value is -1.32. The Morgan fingerprint density at radius 3 is 2.52 bits per heavy atom. The zero-order valence-electron chi connectivity index (χ0n) is 15.1. The first kappa shape index (κ1) is 18.0. The van der Waals surface area contributed by atoms with Crippen molar-refractivity contribution in [1.29, 1.82) is 0 Å². The van der Waals surface area contributed by atoms with Crippen LogP contribution in [0.2, 0.25) is 0 Å². The molecule has 0 saturated carbocycles. The standard InChI is InChI=1S/C19H32N2O2/c1-13(2)18-10-16(11-19(23)21-7-5-6-8-21)14(3)9-17(18)12-20-15(4)22/h9,13,16-18H,5-8,10-12H2,1-4H3,(H,20,22)/t16-,17-,18-/m0/s1. The van der Waals surface area contributed by atoms with Gasteiger partial charge in [0.2, 0.25) is 11.8 Å². The van der Waals surface area contributed by atoms with Crippen LogP contribution in [0.1, 0.15) is 53.4 Å². The lowest BCUT2D eigenvalue weighted by atomic mass is 9.69. The Kier molecular flexibility index (Phi) is 6.25. The molecule has 2 rings (SSSR count). The Labute approximate surface area is 140 Å². The van der Waals surface area contributed by atoms with E-state index in [1.807, 2.05) is 4.90 Å². The highest BCUT2D eigenvalue weighted by Crippen LogP contribution is 2.39. The minimum absolute atomic E-state index is 0.0323. The number of hydrogen-bond donors (Lipinski definition) is 1. The Morgan fingerprint density at radius 2 is 1.96 bits per heavy atom. The molecule has 0 aromatic rings. The quantitative estimate of drug-likeness (QED) is 0.792. The first-order valence-electron chi connectivity index (χ1n) is 9.09. The summed E-state index contributed by atoms with van der Waals surface area (Å²) in [6.07, 6.45) is 6.32. The van der Waals surface area contributed by atoms with E-state index in [9.17, 15) is 9.59 Å². The maximum atomic E-state index is 12.5. The molecule has 2 amide bonds. The van der Waals surface area contributed by atoms with E-state index in [4.69, 9.17) is 0 Å². The molecule has 1 aliphatic heterocycles. The summed E-state index contributed by atoms with van der Waals surface area (Å²) in [4.78, 5) is 25.7. The fraction of sp³-hybridized carbons (Fsp3) is 0.789. The van der Waals surface area contributed by atoms with Crippen LogP contribution in [0.25, 0.3) is 0 Å². The van der Waals surface area contributed by atoms with Gasteiger partial charge in [-0.3, -0.25) is 9.59 Å². The highest BCUT2D eigenvalue weighted by atomic mass is 16.2. The molecule has 1 fully saturated rings. The van der Waals surface area contributed by atoms with Gasteiger partial charge in [0.1, 0.15) is 0 Å². The van der Waals surface area contributed by atoms with Crippen molar-refractivity contribution in [3.05, 3.63) is 11.6 Å². The molecule has 0 aromatic carbocycles. The summed E-state index contributed by atoms with van der Waals surface area (Å²) < 4.78 is 0. The van der Waals surface area contributed by atoms with Crippen molar-refractivity contribution in [2.45, 2.75) is 53.4 Å². The van der Waals surface area contributed by atoms with Gasteiger partial charge in [0, 0.05) is 33.0 Å². The Morgan fingerprint density at radius 1 is 1.30 bits per heavy atom. The van der Waals surface area contributed by atoms with E-state index in [1.165, 1.54) is 5.57 Å². The lowest BCUT2D eigenvalue weighted by Crippen LogP contribution is -2.37. The second-order valence-corrected chi connectivity index (χ2v) is 7.64. The first-order valence-corrected chi connectivity index (χ1v) is 9.09. The largest absolute Gasteiger partial charge is 0.356 e. The normalized spacial score (nSPS) is 28.0. The van der Waals surface area contributed by atoms with Crippen molar-refractivity contribution in [2.24, 2.45) is 23.7 Å². The van der Waals surface area contributed by atoms with Gasteiger partial charge in [-0.15, -0.1) is 0 Å². The summed E-state index contributed by atoms with van der Waals surface area (Å²) in [7, 11) is 0. The molecule has 0 aromatic heterocycles. The second kappa shape index (κ2) is 7.98. The highest BCUT2D eigenvalue weighted by molar-refractivity contribution is 5.77. The van der Waals surface area contributed by atoms with Crippen LogP contribution in [0.15, 0.2) is 11.6 Å². The number of likely N-dealkylation sites (tertiary alicyclic amines) is 1. The number of carbonyl (C=O) groups is 2. The van der Waals surface area contributed by atoms with Crippen LogP contribution in [0, 0.1) is 23.7 Å². The van der Waals surface area contributed by atoms with Gasteiger partial charge in [0.25, 0.3) is 0 Å². The molecule has 0 bridgehead atoms. The third-order valence-corrected chi connectivity index (χ3v) is 5.55. The van der Waals surface area contributed by atoms with Gasteiger partial charge in [-0.05, 0) is 49.9 Å². The maximum absolute atomic E-state index is 12.5. The molecule has 0 spiro atoms. The van der Waals surface area contributed by atoms with Crippen LogP contribution < -0.4 is 5.32 Å². The monoisotopic (exact) mass is 320 g/mol. The summed E-state index contributed by atoms with van der Waals surface area (Å²) in [5, 5.41) is 2.96. The molecule has 4 heteroatoms. The minimum atomic E-state index is 0.0323. The summed E-state index contributed by atoms with van der Waals surface area (Å²) >= 11 is 0. The van der Waals surface area contributed by atoms with Crippen LogP contribution in [0.3, 0.4) is 0 Å². The molecule has 4 nitrogen and oxygen atoms in total. The average Bonchev–Trinajstić information content (AvgIpc) is 3.01. The van der Waals surface area contributed by atoms with E-state index in [0.29, 0.717) is 42.5 Å². The van der Waals surface area contributed by atoms with Crippen LogP contribution in [-0.2, 0) is 9.59 Å². The molecule has 3 atom stereocenters. The molecular weight excluding hydrogens is 288 g/mol. The van der Waals surface area contributed by atoms with Crippen molar-refractivity contribution < 1.29 is 9.59 Å². The molecule has 2 aliphatic rings. The molecular formula is C19H32N2O2. The zero-order valence-corrected chi connectivity index (χ0v) is 15.1. The third-order valence-electron chi connectivity index (χ3n) is 5.55. The Bertz CT molecular complexity index is 464. The molecule has 1 aliphatic carbocycles. The van der Waals surface area contributed by atoms with Crippen molar-refractivity contribution in [3.8, 4) is 0 Å². The predicted octanol–water partition coefficient (Wildman–Crippen LogP) is 2.99. The third kappa shape index (κ3) is 4.82. The van der Waals surface area contributed by atoms with E-state index in [1.54, 1.807) is 6.92 Å². The number of nitrogens with zero attached hydrogens (tertiary/aromatic N) is 1. The fourth-order valence-corrected chi connectivity index (χ4v) is 4.08. The molecule has 1 N–H and O–H groups in total. The van der Waals surface area contributed by atoms with Crippen molar-refractivity contribution in [1.82, 2.24) is 10.2 Å². The van der Waals surface area contributed by atoms with Crippen LogP contribution in [-0.4, -0.2) is 36.3 Å². The summed E-state index contributed by atoms with van der Waals surface area (Å²) in [5.41, 5.74) is 1.32. The first-order chi connectivity index (χ1) is 10.9. The molecule has 23 heavy (non-hydrogen) atoms. The molecule has 1 saturated heterocycles. The van der Waals surface area contributed by atoms with Crippen molar-refractivity contribution in [3.63, 3.8) is 0 Å². The average molecular weight is 320 g/mol. The van der Waals surface area contributed by atoms with E-state index >= 15 is 0 Å². The van der Waals surface area contributed by atoms with E-state index < -0.39 is 0 Å². The lowest BCUT2D eigenvalue weighted by Gasteiger charge is -2.37. The van der Waals surface area contributed by atoms with Crippen LogP contribution in [0.4, 0.5) is 0 Å². The maximum Gasteiger partial charge on any atom is 0.223 e. The molecule has 0 unspecified atom stereocenters. The van der Waals surface area contributed by atoms with Gasteiger partial charge in [-0.2, -0.15) is 0 Å². The van der Waals surface area contributed by atoms with Gasteiger partial charge < -0.3 is 10.2 Å². The SMILES string of the molecule is CC(=O)NC[C@@H]1C=C(C)[C@H](CC(=O)N2CCCC2)C[C@H]1C(C)C. The summed E-state index contributed by atoms with van der Waals surface area (Å²) in [6, 6.07) is 0. The minimum Gasteiger partial charge on any atom is -0.356 e. The molecule has 0 radical (unpaired) electrons. The number of carbonyl (C=O) groups excluding carboxylic acids is 2. The van der Waals surface area contributed by atoms with Gasteiger partial charge in [-0.1, -0.05) is 25.5 Å². The number of hydrogen-bond acceptors (Lipinski definition) is 2. The highest BCUT2D eigenvalue weighted by Gasteiger charge is 2.33. The van der Waals surface area contributed by atoms with E-state index in [-0.39, 0.29) is 5.91 Å². The van der Waals surface area contributed by atoms with Gasteiger partial charge in [0.15, 0.2) is 0 Å². The molecule has 1 heterocycles. The summed E-state index contributed by atoms with van der Waals surface area (Å²) in [6.45, 7) is 10.8. The van der Waals surface area contributed by atoms with Crippen molar-refractivity contribution in [2.75, 3.05) is 19.6 Å². The van der Waals surface area contributed by atoms with Crippen molar-refractivity contribution >= 4 is 11.8 Å². The van der Waals surface area contributed by atoms with E-state index in [2.05, 4.69) is 32.2 Å². The number of amides is 2. The predicted molar refractivity (Wildman–Crippen MR) is 92.8 cm³/mol. The number of allylic oxidation sites excluding steroid dienone is 1. The zero-order chi connectivity index (χ0) is 17.0. The van der Waals surface area contributed by atoms with E-state index in [0.717, 1.165) is 32.4 Å². The van der Waals surface area contributed by atoms with Gasteiger partial charge in [-0.25, -0.2) is 0 Å². The van der Waals surface area contributed by atoms with Gasteiger partial charge in [0.05, 0.1) is 0 Å². The Balaban J connectivity index is 2.02. The smallest absolute Gasteiger partial charge is 0.223 e. The number of rotatable bonds is 5. The van der Waals surface area contributed by atoms with Gasteiger partial charge >= 0.3 is 0 Å². The van der Waals surface area contributed by atoms with Crippen LogP contribution in [0.5, 0.6) is 0 Å². The molecule has 130 valence electrons.